The highest BCUT2D eigenvalue weighted by Crippen LogP contribution is 2.21. The Balaban J connectivity index is 2.00. The first-order valence-corrected chi connectivity index (χ1v) is 5.96. The predicted molar refractivity (Wildman–Crippen MR) is 63.7 cm³/mol. The molecule has 2 aromatic heterocycles. The minimum absolute atomic E-state index is 0.426. The molecule has 88 valence electrons. The lowest BCUT2D eigenvalue weighted by atomic mass is 10.0. The first-order valence-electron chi connectivity index (χ1n) is 5.96. The Kier molecular flexibility index (Phi) is 2.60. The van der Waals surface area contributed by atoms with Crippen molar-refractivity contribution in [3.8, 4) is 5.82 Å². The second-order valence-corrected chi connectivity index (χ2v) is 4.30. The Hall–Kier alpha value is -1.75. The van der Waals surface area contributed by atoms with Gasteiger partial charge in [0, 0.05) is 12.2 Å². The largest absolute Gasteiger partial charge is 0.325 e. The lowest BCUT2D eigenvalue weighted by Gasteiger charge is -2.13. The van der Waals surface area contributed by atoms with Gasteiger partial charge in [-0.05, 0) is 37.8 Å². The third kappa shape index (κ3) is 1.82. The minimum atomic E-state index is 0.426. The average molecular weight is 229 g/mol. The van der Waals surface area contributed by atoms with E-state index in [1.807, 2.05) is 23.0 Å². The number of rotatable bonds is 2. The lowest BCUT2D eigenvalue weighted by molar-refractivity contribution is 0.652. The van der Waals surface area contributed by atoms with Crippen molar-refractivity contribution in [2.45, 2.75) is 32.2 Å². The summed E-state index contributed by atoms with van der Waals surface area (Å²) < 4.78 is 2.04. The van der Waals surface area contributed by atoms with Gasteiger partial charge in [0.05, 0.1) is 11.4 Å². The summed E-state index contributed by atoms with van der Waals surface area (Å²) in [4.78, 5) is 4.45. The summed E-state index contributed by atoms with van der Waals surface area (Å²) in [5, 5.41) is 8.27. The van der Waals surface area contributed by atoms with Crippen molar-refractivity contribution >= 4 is 0 Å². The van der Waals surface area contributed by atoms with E-state index in [9.17, 15) is 0 Å². The summed E-state index contributed by atoms with van der Waals surface area (Å²) in [6.45, 7) is 0.426. The second kappa shape index (κ2) is 4.25. The smallest absolute Gasteiger partial charge is 0.160 e. The van der Waals surface area contributed by atoms with Crippen LogP contribution in [0.1, 0.15) is 29.9 Å². The first-order chi connectivity index (χ1) is 8.38. The quantitative estimate of drug-likeness (QED) is 0.834. The molecule has 0 bridgehead atoms. The van der Waals surface area contributed by atoms with Gasteiger partial charge in [0.1, 0.15) is 6.33 Å². The Labute approximate surface area is 99.7 Å². The van der Waals surface area contributed by atoms with Gasteiger partial charge < -0.3 is 5.73 Å². The van der Waals surface area contributed by atoms with E-state index in [-0.39, 0.29) is 0 Å². The van der Waals surface area contributed by atoms with Crippen molar-refractivity contribution < 1.29 is 0 Å². The Morgan fingerprint density at radius 3 is 2.82 bits per heavy atom. The van der Waals surface area contributed by atoms with E-state index >= 15 is 0 Å². The highest BCUT2D eigenvalue weighted by molar-refractivity contribution is 5.29. The average Bonchev–Trinajstić information content (AvgIpc) is 2.83. The van der Waals surface area contributed by atoms with Gasteiger partial charge in [-0.25, -0.2) is 4.98 Å². The monoisotopic (exact) mass is 229 g/mol. The van der Waals surface area contributed by atoms with Crippen molar-refractivity contribution in [2.75, 3.05) is 0 Å². The third-order valence-electron chi connectivity index (χ3n) is 3.19. The van der Waals surface area contributed by atoms with Crippen LogP contribution in [0.3, 0.4) is 0 Å². The van der Waals surface area contributed by atoms with Gasteiger partial charge in [-0.3, -0.25) is 4.57 Å². The molecule has 1 aliphatic carbocycles. The van der Waals surface area contributed by atoms with Gasteiger partial charge in [0.2, 0.25) is 0 Å². The molecule has 0 saturated heterocycles. The molecule has 1 aliphatic rings. The molecule has 2 heterocycles. The third-order valence-corrected chi connectivity index (χ3v) is 3.19. The molecule has 0 aliphatic heterocycles. The van der Waals surface area contributed by atoms with Gasteiger partial charge in [-0.15, -0.1) is 5.10 Å². The minimum Gasteiger partial charge on any atom is -0.325 e. The maximum atomic E-state index is 5.51. The van der Waals surface area contributed by atoms with Crippen LogP contribution in [0.2, 0.25) is 0 Å². The van der Waals surface area contributed by atoms with E-state index in [2.05, 4.69) is 15.2 Å². The molecule has 0 unspecified atom stereocenters. The van der Waals surface area contributed by atoms with Crippen LogP contribution in [0.4, 0.5) is 0 Å². The number of imidazole rings is 1. The van der Waals surface area contributed by atoms with Crippen LogP contribution in [0.5, 0.6) is 0 Å². The van der Waals surface area contributed by atoms with E-state index < -0.39 is 0 Å². The molecule has 5 nitrogen and oxygen atoms in total. The van der Waals surface area contributed by atoms with Crippen molar-refractivity contribution in [2.24, 2.45) is 5.73 Å². The van der Waals surface area contributed by atoms with Crippen LogP contribution >= 0.6 is 0 Å². The molecule has 0 radical (unpaired) electrons. The number of aryl methyl sites for hydroxylation is 1. The molecule has 2 N–H and O–H groups in total. The van der Waals surface area contributed by atoms with Crippen molar-refractivity contribution in [1.82, 2.24) is 19.7 Å². The Morgan fingerprint density at radius 1 is 1.18 bits per heavy atom. The highest BCUT2D eigenvalue weighted by atomic mass is 15.2. The summed E-state index contributed by atoms with van der Waals surface area (Å²) in [5.41, 5.74) is 8.81. The van der Waals surface area contributed by atoms with Gasteiger partial charge >= 0.3 is 0 Å². The second-order valence-electron chi connectivity index (χ2n) is 4.30. The molecule has 2 aromatic rings. The topological polar surface area (TPSA) is 69.6 Å². The molecule has 5 heteroatoms. The summed E-state index contributed by atoms with van der Waals surface area (Å²) in [6.07, 6.45) is 6.48. The number of fused-ring (bicyclic) bond motifs is 1. The molecule has 17 heavy (non-hydrogen) atoms. The fraction of sp³-hybridized carbons (Fsp3) is 0.417. The van der Waals surface area contributed by atoms with E-state index in [0.29, 0.717) is 6.54 Å². The van der Waals surface area contributed by atoms with Gasteiger partial charge in [-0.2, -0.15) is 5.10 Å². The SMILES string of the molecule is NCc1ccc(-n2cnc3c2CCCC3)nn1. The number of aromatic nitrogens is 4. The van der Waals surface area contributed by atoms with Gasteiger partial charge in [0.15, 0.2) is 5.82 Å². The molecule has 0 spiro atoms. The van der Waals surface area contributed by atoms with Crippen molar-refractivity contribution in [3.63, 3.8) is 0 Å². The van der Waals surface area contributed by atoms with E-state index in [4.69, 9.17) is 5.73 Å². The lowest BCUT2D eigenvalue weighted by Crippen LogP contribution is -2.09. The fourth-order valence-corrected chi connectivity index (χ4v) is 2.26. The molecule has 0 saturated carbocycles. The van der Waals surface area contributed by atoms with Crippen LogP contribution < -0.4 is 5.73 Å². The summed E-state index contributed by atoms with van der Waals surface area (Å²) in [5.74, 6) is 0.831. The van der Waals surface area contributed by atoms with Crippen LogP contribution in [-0.2, 0) is 19.4 Å². The summed E-state index contributed by atoms with van der Waals surface area (Å²) in [6, 6.07) is 3.86. The standard InChI is InChI=1S/C12H15N5/c13-7-9-5-6-12(16-15-9)17-8-14-10-3-1-2-4-11(10)17/h5-6,8H,1-4,7,13H2. The molecule has 0 fully saturated rings. The van der Waals surface area contributed by atoms with Gasteiger partial charge in [-0.1, -0.05) is 0 Å². The molecule has 0 atom stereocenters. The molecular weight excluding hydrogens is 214 g/mol. The fourth-order valence-electron chi connectivity index (χ4n) is 2.26. The molecule has 0 aromatic carbocycles. The van der Waals surface area contributed by atoms with Crippen LogP contribution in [0, 0.1) is 0 Å². The maximum absolute atomic E-state index is 5.51. The predicted octanol–water partition coefficient (Wildman–Crippen LogP) is 1.000. The first kappa shape index (κ1) is 10.4. The number of hydrogen-bond acceptors (Lipinski definition) is 4. The van der Waals surface area contributed by atoms with Crippen LogP contribution in [0.25, 0.3) is 5.82 Å². The van der Waals surface area contributed by atoms with Gasteiger partial charge in [0.25, 0.3) is 0 Å². The molecule has 0 amide bonds. The number of hydrogen-bond donors (Lipinski definition) is 1. The Bertz CT molecular complexity index is 514. The number of nitrogens with zero attached hydrogens (tertiary/aromatic N) is 4. The van der Waals surface area contributed by atoms with Crippen LogP contribution in [0.15, 0.2) is 18.5 Å². The van der Waals surface area contributed by atoms with Crippen molar-refractivity contribution in [1.29, 1.82) is 0 Å². The zero-order valence-corrected chi connectivity index (χ0v) is 9.63. The summed E-state index contributed by atoms with van der Waals surface area (Å²) in [7, 11) is 0. The highest BCUT2D eigenvalue weighted by Gasteiger charge is 2.16. The Morgan fingerprint density at radius 2 is 2.06 bits per heavy atom. The molecule has 3 rings (SSSR count). The summed E-state index contributed by atoms with van der Waals surface area (Å²) >= 11 is 0. The van der Waals surface area contributed by atoms with E-state index in [1.165, 1.54) is 24.2 Å². The van der Waals surface area contributed by atoms with Crippen LogP contribution in [-0.4, -0.2) is 19.7 Å². The van der Waals surface area contributed by atoms with E-state index in [0.717, 1.165) is 24.4 Å². The normalized spacial score (nSPS) is 14.6. The van der Waals surface area contributed by atoms with Crippen molar-refractivity contribution in [3.05, 3.63) is 35.5 Å². The zero-order chi connectivity index (χ0) is 11.7. The zero-order valence-electron chi connectivity index (χ0n) is 9.63. The number of nitrogens with two attached hydrogens (primary N) is 1. The maximum Gasteiger partial charge on any atom is 0.160 e. The molecular formula is C12H15N5. The van der Waals surface area contributed by atoms with E-state index in [1.54, 1.807) is 0 Å².